The van der Waals surface area contributed by atoms with E-state index in [4.69, 9.17) is 9.47 Å². The van der Waals surface area contributed by atoms with Crippen LogP contribution in [-0.2, 0) is 9.59 Å². The molecule has 0 saturated carbocycles. The van der Waals surface area contributed by atoms with Gasteiger partial charge < -0.3 is 14.8 Å². The van der Waals surface area contributed by atoms with Crippen molar-refractivity contribution in [3.8, 4) is 11.5 Å². The summed E-state index contributed by atoms with van der Waals surface area (Å²) in [5.41, 5.74) is 3.12. The van der Waals surface area contributed by atoms with Crippen LogP contribution in [0.1, 0.15) is 16.7 Å². The number of methoxy groups -OCH3 is 2. The summed E-state index contributed by atoms with van der Waals surface area (Å²) in [5.74, 6) is 0.161. The second-order valence-corrected chi connectivity index (χ2v) is 7.69. The molecule has 1 aliphatic rings. The molecule has 30 heavy (non-hydrogen) atoms. The summed E-state index contributed by atoms with van der Waals surface area (Å²) in [5, 5.41) is 2.25. The van der Waals surface area contributed by atoms with Crippen molar-refractivity contribution in [3.05, 3.63) is 58.0 Å². The van der Waals surface area contributed by atoms with E-state index < -0.39 is 17.1 Å². The lowest BCUT2D eigenvalue weighted by molar-refractivity contribution is -0.127. The van der Waals surface area contributed by atoms with E-state index in [1.807, 2.05) is 26.0 Å². The van der Waals surface area contributed by atoms with Crippen LogP contribution in [0.3, 0.4) is 0 Å². The van der Waals surface area contributed by atoms with Gasteiger partial charge in [-0.05, 0) is 66.6 Å². The van der Waals surface area contributed by atoms with Gasteiger partial charge in [0.25, 0.3) is 11.1 Å². The number of para-hydroxylation sites is 1. The number of amides is 3. The summed E-state index contributed by atoms with van der Waals surface area (Å²) < 4.78 is 10.6. The van der Waals surface area contributed by atoms with Gasteiger partial charge in [-0.15, -0.1) is 0 Å². The summed E-state index contributed by atoms with van der Waals surface area (Å²) in [7, 11) is 3.07. The van der Waals surface area contributed by atoms with Gasteiger partial charge in [-0.2, -0.15) is 0 Å². The number of carbonyl (C=O) groups excluding carboxylic acids is 3. The van der Waals surface area contributed by atoms with Gasteiger partial charge in [0.1, 0.15) is 6.54 Å². The fourth-order valence-corrected chi connectivity index (χ4v) is 3.81. The molecular formula is C22H22N2O5S. The molecule has 2 aromatic carbocycles. The zero-order valence-corrected chi connectivity index (χ0v) is 18.0. The number of thioether (sulfide) groups is 1. The Bertz CT molecular complexity index is 1050. The third-order valence-electron chi connectivity index (χ3n) is 4.65. The first-order valence-electron chi connectivity index (χ1n) is 9.17. The van der Waals surface area contributed by atoms with Gasteiger partial charge in [-0.3, -0.25) is 19.3 Å². The highest BCUT2D eigenvalue weighted by Gasteiger charge is 2.36. The summed E-state index contributed by atoms with van der Waals surface area (Å²) in [6, 6.07) is 10.8. The Morgan fingerprint density at radius 3 is 2.40 bits per heavy atom. The number of benzene rings is 2. The van der Waals surface area contributed by atoms with Crippen molar-refractivity contribution in [3.63, 3.8) is 0 Å². The first-order valence-corrected chi connectivity index (χ1v) is 9.99. The highest BCUT2D eigenvalue weighted by Crippen LogP contribution is 2.35. The largest absolute Gasteiger partial charge is 0.493 e. The van der Waals surface area contributed by atoms with E-state index in [0.29, 0.717) is 17.2 Å². The minimum atomic E-state index is -0.501. The van der Waals surface area contributed by atoms with E-state index in [1.54, 1.807) is 37.5 Å². The molecule has 0 bridgehead atoms. The summed E-state index contributed by atoms with van der Waals surface area (Å²) in [4.78, 5) is 38.7. The maximum absolute atomic E-state index is 12.7. The smallest absolute Gasteiger partial charge is 0.294 e. The Balaban J connectivity index is 1.78. The molecule has 0 atom stereocenters. The second-order valence-electron chi connectivity index (χ2n) is 6.69. The maximum atomic E-state index is 12.7. The minimum Gasteiger partial charge on any atom is -0.493 e. The second kappa shape index (κ2) is 9.04. The number of carbonyl (C=O) groups is 3. The van der Waals surface area contributed by atoms with Crippen LogP contribution in [0.4, 0.5) is 10.5 Å². The fourth-order valence-electron chi connectivity index (χ4n) is 2.98. The molecule has 1 fully saturated rings. The van der Waals surface area contributed by atoms with Crippen molar-refractivity contribution in [2.75, 3.05) is 26.1 Å². The molecule has 3 rings (SSSR count). The van der Waals surface area contributed by atoms with Gasteiger partial charge in [-0.1, -0.05) is 18.2 Å². The number of hydrogen-bond acceptors (Lipinski definition) is 6. The monoisotopic (exact) mass is 426 g/mol. The van der Waals surface area contributed by atoms with E-state index in [9.17, 15) is 14.4 Å². The Morgan fingerprint density at radius 1 is 1.07 bits per heavy atom. The van der Waals surface area contributed by atoms with Gasteiger partial charge in [-0.25, -0.2) is 0 Å². The van der Waals surface area contributed by atoms with Crippen molar-refractivity contribution in [1.29, 1.82) is 0 Å². The summed E-state index contributed by atoms with van der Waals surface area (Å²) in [6.07, 6.45) is 1.63. The average molecular weight is 426 g/mol. The topological polar surface area (TPSA) is 84.9 Å². The van der Waals surface area contributed by atoms with Crippen molar-refractivity contribution < 1.29 is 23.9 Å². The van der Waals surface area contributed by atoms with Crippen molar-refractivity contribution in [1.82, 2.24) is 4.90 Å². The predicted octanol–water partition coefficient (Wildman–Crippen LogP) is 4.00. The van der Waals surface area contributed by atoms with Crippen LogP contribution >= 0.6 is 11.8 Å². The normalized spacial score (nSPS) is 14.9. The molecule has 8 heteroatoms. The third kappa shape index (κ3) is 4.49. The van der Waals surface area contributed by atoms with Gasteiger partial charge in [0, 0.05) is 5.69 Å². The molecule has 1 N–H and O–H groups in total. The van der Waals surface area contributed by atoms with Crippen LogP contribution in [0.5, 0.6) is 11.5 Å². The standard InChI is InChI=1S/C22H22N2O5S/c1-13-7-5-6-8-16(13)23-20(25)12-24-21(26)19(30-22(24)27)11-15-10-18(29-4)17(28-3)9-14(15)2/h5-11H,12H2,1-4H3,(H,23,25)/b19-11-. The van der Waals surface area contributed by atoms with Crippen LogP contribution in [-0.4, -0.2) is 42.7 Å². The zero-order valence-electron chi connectivity index (χ0n) is 17.1. The Morgan fingerprint density at radius 2 is 1.73 bits per heavy atom. The van der Waals surface area contributed by atoms with E-state index in [0.717, 1.165) is 33.4 Å². The van der Waals surface area contributed by atoms with Crippen molar-refractivity contribution in [2.45, 2.75) is 13.8 Å². The number of ether oxygens (including phenoxy) is 2. The van der Waals surface area contributed by atoms with Crippen molar-refractivity contribution in [2.24, 2.45) is 0 Å². The predicted molar refractivity (Wildman–Crippen MR) is 117 cm³/mol. The highest BCUT2D eigenvalue weighted by molar-refractivity contribution is 8.18. The highest BCUT2D eigenvalue weighted by atomic mass is 32.2. The zero-order chi connectivity index (χ0) is 21.8. The molecular weight excluding hydrogens is 404 g/mol. The fraction of sp³-hybridized carbons (Fsp3) is 0.227. The molecule has 0 unspecified atom stereocenters. The van der Waals surface area contributed by atoms with E-state index in [-0.39, 0.29) is 11.4 Å². The number of anilines is 1. The van der Waals surface area contributed by atoms with Crippen LogP contribution < -0.4 is 14.8 Å². The SMILES string of the molecule is COc1cc(C)c(/C=C2\SC(=O)N(CC(=O)Nc3ccccc3C)C2=O)cc1OC. The molecule has 1 heterocycles. The summed E-state index contributed by atoms with van der Waals surface area (Å²) in [6.45, 7) is 3.39. The number of hydrogen-bond donors (Lipinski definition) is 1. The van der Waals surface area contributed by atoms with E-state index in [2.05, 4.69) is 5.32 Å². The first kappa shape index (κ1) is 21.4. The van der Waals surface area contributed by atoms with Crippen LogP contribution in [0.2, 0.25) is 0 Å². The lowest BCUT2D eigenvalue weighted by Crippen LogP contribution is -2.36. The number of nitrogens with one attached hydrogen (secondary N) is 1. The lowest BCUT2D eigenvalue weighted by Gasteiger charge is -2.13. The molecule has 0 aliphatic carbocycles. The van der Waals surface area contributed by atoms with Crippen LogP contribution in [0, 0.1) is 13.8 Å². The van der Waals surface area contributed by atoms with E-state index >= 15 is 0 Å². The van der Waals surface area contributed by atoms with Gasteiger partial charge in [0.2, 0.25) is 5.91 Å². The molecule has 0 radical (unpaired) electrons. The summed E-state index contributed by atoms with van der Waals surface area (Å²) >= 11 is 0.807. The molecule has 1 aliphatic heterocycles. The Kier molecular flexibility index (Phi) is 6.47. The average Bonchev–Trinajstić information content (AvgIpc) is 2.98. The Hall–Kier alpha value is -3.26. The van der Waals surface area contributed by atoms with Gasteiger partial charge >= 0.3 is 0 Å². The molecule has 7 nitrogen and oxygen atoms in total. The number of imide groups is 1. The number of rotatable bonds is 6. The molecule has 0 aromatic heterocycles. The van der Waals surface area contributed by atoms with Crippen LogP contribution in [0.15, 0.2) is 41.3 Å². The quantitative estimate of drug-likeness (QED) is 0.703. The van der Waals surface area contributed by atoms with Crippen molar-refractivity contribution >= 4 is 40.6 Å². The molecule has 3 amide bonds. The van der Waals surface area contributed by atoms with Gasteiger partial charge in [0.05, 0.1) is 19.1 Å². The molecule has 0 spiro atoms. The van der Waals surface area contributed by atoms with E-state index in [1.165, 1.54) is 7.11 Å². The van der Waals surface area contributed by atoms with Crippen LogP contribution in [0.25, 0.3) is 6.08 Å². The van der Waals surface area contributed by atoms with Gasteiger partial charge in [0.15, 0.2) is 11.5 Å². The lowest BCUT2D eigenvalue weighted by atomic mass is 10.1. The number of aryl methyl sites for hydroxylation is 2. The minimum absolute atomic E-state index is 0.249. The molecule has 2 aromatic rings. The third-order valence-corrected chi connectivity index (χ3v) is 5.56. The number of nitrogens with zero attached hydrogens (tertiary/aromatic N) is 1. The maximum Gasteiger partial charge on any atom is 0.294 e. The first-order chi connectivity index (χ1) is 14.3. The Labute approximate surface area is 179 Å². The molecule has 1 saturated heterocycles. The molecule has 156 valence electrons.